The third kappa shape index (κ3) is 4.39. The van der Waals surface area contributed by atoms with E-state index in [1.165, 1.54) is 17.2 Å². The van der Waals surface area contributed by atoms with E-state index in [9.17, 15) is 14.7 Å². The predicted molar refractivity (Wildman–Crippen MR) is 125 cm³/mol. The Hall–Kier alpha value is -3.51. The van der Waals surface area contributed by atoms with Crippen molar-refractivity contribution < 1.29 is 23.8 Å². The fourth-order valence-corrected chi connectivity index (χ4v) is 4.21. The molecule has 0 unspecified atom stereocenters. The first-order chi connectivity index (χ1) is 15.9. The maximum absolute atomic E-state index is 13.1. The summed E-state index contributed by atoms with van der Waals surface area (Å²) in [5.74, 6) is -0.732. The number of ether oxygens (including phenoxy) is 1. The van der Waals surface area contributed by atoms with Crippen LogP contribution in [0.5, 0.6) is 5.75 Å². The van der Waals surface area contributed by atoms with Crippen molar-refractivity contribution in [3.05, 3.63) is 93.9 Å². The fraction of sp³-hybridized carbons (Fsp3) is 0.231. The number of aryl methyl sites for hydroxylation is 1. The van der Waals surface area contributed by atoms with Crippen molar-refractivity contribution in [2.75, 3.05) is 6.61 Å². The Balaban J connectivity index is 1.83. The number of furan rings is 1. The molecule has 0 bridgehead atoms. The van der Waals surface area contributed by atoms with Crippen LogP contribution in [0.4, 0.5) is 0 Å². The number of halogens is 1. The van der Waals surface area contributed by atoms with Crippen LogP contribution in [0.3, 0.4) is 0 Å². The van der Waals surface area contributed by atoms with E-state index >= 15 is 0 Å². The minimum atomic E-state index is -0.772. The number of carbonyl (C=O) groups excluding carboxylic acids is 2. The molecule has 2 heterocycles. The first-order valence-electron chi connectivity index (χ1n) is 10.8. The quantitative estimate of drug-likeness (QED) is 0.282. The van der Waals surface area contributed by atoms with Crippen LogP contribution in [0.1, 0.15) is 42.3 Å². The monoisotopic (exact) mass is 465 g/mol. The average molecular weight is 466 g/mol. The Morgan fingerprint density at radius 3 is 2.48 bits per heavy atom. The Labute approximate surface area is 197 Å². The standard InChI is InChI=1S/C26H24ClNO5/c1-3-16-7-9-17(10-8-16)23-22(24(29)18-11-12-21(32-4-2)20(27)14-18)25(30)26(31)28(23)15-19-6-5-13-33-19/h5-14,23,29H,3-4,15H2,1-2H3/t23-/m1/s1. The summed E-state index contributed by atoms with van der Waals surface area (Å²) in [6.07, 6.45) is 2.37. The average Bonchev–Trinajstić information content (AvgIpc) is 3.42. The molecule has 170 valence electrons. The van der Waals surface area contributed by atoms with Gasteiger partial charge in [0.05, 0.1) is 36.1 Å². The molecule has 1 atom stereocenters. The first-order valence-corrected chi connectivity index (χ1v) is 11.1. The lowest BCUT2D eigenvalue weighted by atomic mass is 9.94. The van der Waals surface area contributed by atoms with Crippen molar-refractivity contribution in [3.8, 4) is 5.75 Å². The van der Waals surface area contributed by atoms with Gasteiger partial charge < -0.3 is 19.2 Å². The van der Waals surface area contributed by atoms with E-state index in [-0.39, 0.29) is 17.9 Å². The number of carbonyl (C=O) groups is 2. The number of likely N-dealkylation sites (tertiary alicyclic amines) is 1. The van der Waals surface area contributed by atoms with Gasteiger partial charge in [-0.1, -0.05) is 42.8 Å². The zero-order valence-corrected chi connectivity index (χ0v) is 19.1. The maximum atomic E-state index is 13.1. The number of Topliss-reactive ketones (excluding diaryl/α,β-unsaturated/α-hetero) is 1. The lowest BCUT2D eigenvalue weighted by Gasteiger charge is -2.24. The number of ketones is 1. The maximum Gasteiger partial charge on any atom is 0.296 e. The van der Waals surface area contributed by atoms with E-state index in [4.69, 9.17) is 20.8 Å². The van der Waals surface area contributed by atoms with E-state index in [1.807, 2.05) is 38.1 Å². The van der Waals surface area contributed by atoms with Gasteiger partial charge in [0.1, 0.15) is 17.3 Å². The minimum absolute atomic E-state index is 0.0102. The molecular formula is C26H24ClNO5. The highest BCUT2D eigenvalue weighted by Gasteiger charge is 2.46. The highest BCUT2D eigenvalue weighted by Crippen LogP contribution is 2.41. The summed E-state index contributed by atoms with van der Waals surface area (Å²) in [5, 5.41) is 11.5. The van der Waals surface area contributed by atoms with E-state index in [2.05, 4.69) is 0 Å². The van der Waals surface area contributed by atoms with Gasteiger partial charge in [-0.3, -0.25) is 9.59 Å². The lowest BCUT2D eigenvalue weighted by molar-refractivity contribution is -0.140. The van der Waals surface area contributed by atoms with Crippen molar-refractivity contribution in [2.24, 2.45) is 0 Å². The summed E-state index contributed by atoms with van der Waals surface area (Å²) in [5.41, 5.74) is 2.18. The number of hydrogen-bond donors (Lipinski definition) is 1. The molecule has 6 nitrogen and oxygen atoms in total. The van der Waals surface area contributed by atoms with E-state index < -0.39 is 17.7 Å². The molecule has 1 fully saturated rings. The number of aliphatic hydroxyl groups excluding tert-OH is 1. The number of amides is 1. The first kappa shape index (κ1) is 22.7. The molecule has 0 spiro atoms. The molecule has 4 rings (SSSR count). The smallest absolute Gasteiger partial charge is 0.296 e. The lowest BCUT2D eigenvalue weighted by Crippen LogP contribution is -2.29. The molecule has 1 saturated heterocycles. The molecule has 2 aromatic carbocycles. The predicted octanol–water partition coefficient (Wildman–Crippen LogP) is 5.52. The molecule has 0 saturated carbocycles. The summed E-state index contributed by atoms with van der Waals surface area (Å²) in [7, 11) is 0. The fourth-order valence-electron chi connectivity index (χ4n) is 3.97. The second-order valence-corrected chi connectivity index (χ2v) is 8.09. The molecule has 7 heteroatoms. The molecule has 1 aliphatic heterocycles. The van der Waals surface area contributed by atoms with Crippen LogP contribution < -0.4 is 4.74 Å². The Morgan fingerprint density at radius 1 is 1.12 bits per heavy atom. The van der Waals surface area contributed by atoms with Gasteiger partial charge in [-0.2, -0.15) is 0 Å². The van der Waals surface area contributed by atoms with Gasteiger partial charge in [-0.25, -0.2) is 0 Å². The van der Waals surface area contributed by atoms with Crippen LogP contribution in [0.25, 0.3) is 5.76 Å². The highest BCUT2D eigenvalue weighted by atomic mass is 35.5. The van der Waals surface area contributed by atoms with Crippen molar-refractivity contribution in [1.29, 1.82) is 0 Å². The molecular weight excluding hydrogens is 442 g/mol. The number of benzene rings is 2. The van der Waals surface area contributed by atoms with Gasteiger partial charge in [0.15, 0.2) is 0 Å². The SMILES string of the molecule is CCOc1ccc(C(O)=C2C(=O)C(=O)N(Cc3ccco3)[C@@H]2c2ccc(CC)cc2)cc1Cl. The summed E-state index contributed by atoms with van der Waals surface area (Å²) in [4.78, 5) is 27.6. The minimum Gasteiger partial charge on any atom is -0.507 e. The Bertz CT molecular complexity index is 1200. The Morgan fingerprint density at radius 2 is 1.88 bits per heavy atom. The number of hydrogen-bond acceptors (Lipinski definition) is 5. The van der Waals surface area contributed by atoms with Crippen molar-refractivity contribution >= 4 is 29.1 Å². The van der Waals surface area contributed by atoms with Gasteiger partial charge >= 0.3 is 0 Å². The second kappa shape index (κ2) is 9.55. The number of nitrogens with zero attached hydrogens (tertiary/aromatic N) is 1. The third-order valence-corrected chi connectivity index (χ3v) is 5.95. The zero-order valence-electron chi connectivity index (χ0n) is 18.4. The van der Waals surface area contributed by atoms with E-state index in [0.717, 1.165) is 17.5 Å². The van der Waals surface area contributed by atoms with Crippen molar-refractivity contribution in [1.82, 2.24) is 4.90 Å². The largest absolute Gasteiger partial charge is 0.507 e. The summed E-state index contributed by atoms with van der Waals surface area (Å²) in [6.45, 7) is 4.43. The molecule has 1 N–H and O–H groups in total. The Kier molecular flexibility index (Phi) is 6.56. The molecule has 1 amide bonds. The molecule has 1 aromatic heterocycles. The highest BCUT2D eigenvalue weighted by molar-refractivity contribution is 6.46. The van der Waals surface area contributed by atoms with Gasteiger partial charge in [-0.05, 0) is 54.8 Å². The topological polar surface area (TPSA) is 80.0 Å². The van der Waals surface area contributed by atoms with Crippen molar-refractivity contribution in [3.63, 3.8) is 0 Å². The van der Waals surface area contributed by atoms with Gasteiger partial charge in [0.25, 0.3) is 11.7 Å². The summed E-state index contributed by atoms with van der Waals surface area (Å²) < 4.78 is 10.9. The van der Waals surface area contributed by atoms with Gasteiger partial charge in [0.2, 0.25) is 0 Å². The van der Waals surface area contributed by atoms with Crippen LogP contribution in [-0.2, 0) is 22.6 Å². The second-order valence-electron chi connectivity index (χ2n) is 7.68. The molecule has 0 radical (unpaired) electrons. The van der Waals surface area contributed by atoms with Crippen LogP contribution in [-0.4, -0.2) is 28.3 Å². The molecule has 33 heavy (non-hydrogen) atoms. The number of rotatable bonds is 7. The molecule has 3 aromatic rings. The third-order valence-electron chi connectivity index (χ3n) is 5.66. The van der Waals surface area contributed by atoms with Crippen molar-refractivity contribution in [2.45, 2.75) is 32.9 Å². The van der Waals surface area contributed by atoms with Crippen LogP contribution >= 0.6 is 11.6 Å². The van der Waals surface area contributed by atoms with Crippen LogP contribution in [0.15, 0.2) is 70.9 Å². The summed E-state index contributed by atoms with van der Waals surface area (Å²) in [6, 6.07) is 15.1. The van der Waals surface area contributed by atoms with Gasteiger partial charge in [0, 0.05) is 5.56 Å². The normalized spacial score (nSPS) is 17.5. The number of aliphatic hydroxyl groups is 1. The van der Waals surface area contributed by atoms with Crippen LogP contribution in [0, 0.1) is 0 Å². The van der Waals surface area contributed by atoms with Gasteiger partial charge in [-0.15, -0.1) is 0 Å². The molecule has 0 aliphatic carbocycles. The summed E-state index contributed by atoms with van der Waals surface area (Å²) >= 11 is 6.30. The van der Waals surface area contributed by atoms with Crippen LogP contribution in [0.2, 0.25) is 5.02 Å². The molecule has 1 aliphatic rings. The van der Waals surface area contributed by atoms with E-state index in [1.54, 1.807) is 24.3 Å². The zero-order chi connectivity index (χ0) is 23.5. The van der Waals surface area contributed by atoms with E-state index in [0.29, 0.717) is 28.7 Å².